The molecule has 1 unspecified atom stereocenters. The minimum atomic E-state index is -0.612. The summed E-state index contributed by atoms with van der Waals surface area (Å²) in [6.07, 6.45) is 0. The van der Waals surface area contributed by atoms with Crippen molar-refractivity contribution in [2.75, 3.05) is 6.54 Å². The highest BCUT2D eigenvalue weighted by Gasteiger charge is 2.24. The minimum absolute atomic E-state index is 0.0448. The maximum atomic E-state index is 14.2. The summed E-state index contributed by atoms with van der Waals surface area (Å²) >= 11 is 5.81. The molecule has 1 heterocycles. The molecule has 0 bridgehead atoms. The molecule has 0 spiro atoms. The molecule has 0 saturated carbocycles. The van der Waals surface area contributed by atoms with Gasteiger partial charge in [0, 0.05) is 36.0 Å². The number of carbonyl (C=O) groups is 4. The lowest BCUT2D eigenvalue weighted by Gasteiger charge is -2.26. The van der Waals surface area contributed by atoms with Gasteiger partial charge < -0.3 is 15.5 Å². The van der Waals surface area contributed by atoms with E-state index in [0.29, 0.717) is 16.5 Å². The molecule has 0 aliphatic rings. The van der Waals surface area contributed by atoms with Gasteiger partial charge in [-0.15, -0.1) is 0 Å². The monoisotopic (exact) mass is 605 g/mol. The maximum Gasteiger partial charge on any atom is 0.251 e. The number of hydrogen-bond acceptors (Lipinski definition) is 5. The molecule has 4 rings (SSSR count). The van der Waals surface area contributed by atoms with Crippen molar-refractivity contribution < 1.29 is 23.6 Å². The summed E-state index contributed by atoms with van der Waals surface area (Å²) in [5, 5.41) is 10.4. The standard InChI is InChI=1S/C32H33ClFN5O4/c1-19(2)38(17-28(41)35-16-24-11-8-12-26(33)30(24)34)29(42)18-39-27-14-13-23(15-25(27)31(37-39)21(4)40)32(43)36-20(3)22-9-6-5-7-10-22/h5-15,19-20H,16-18H2,1-4H3,(H,35,41)(H,36,43). The molecule has 0 aliphatic heterocycles. The number of nitrogens with zero attached hydrogens (tertiary/aromatic N) is 3. The summed E-state index contributed by atoms with van der Waals surface area (Å²) in [4.78, 5) is 52.9. The number of Topliss-reactive ketones (excluding diaryl/α,β-unsaturated/α-hetero) is 1. The van der Waals surface area contributed by atoms with Gasteiger partial charge in [0.05, 0.1) is 23.1 Å². The van der Waals surface area contributed by atoms with Crippen molar-refractivity contribution in [2.24, 2.45) is 0 Å². The Kier molecular flexibility index (Phi) is 9.92. The molecule has 1 atom stereocenters. The lowest BCUT2D eigenvalue weighted by molar-refractivity contribution is -0.138. The molecule has 0 saturated heterocycles. The molecule has 2 N–H and O–H groups in total. The normalized spacial score (nSPS) is 11.8. The Morgan fingerprint density at radius 2 is 1.72 bits per heavy atom. The Morgan fingerprint density at radius 3 is 2.40 bits per heavy atom. The van der Waals surface area contributed by atoms with Gasteiger partial charge in [-0.25, -0.2) is 4.39 Å². The van der Waals surface area contributed by atoms with Crippen molar-refractivity contribution in [2.45, 2.75) is 52.9 Å². The fourth-order valence-electron chi connectivity index (χ4n) is 4.67. The number of ketones is 1. The molecule has 224 valence electrons. The number of amides is 3. The van der Waals surface area contributed by atoms with Crippen LogP contribution in [0.4, 0.5) is 4.39 Å². The number of fused-ring (bicyclic) bond motifs is 1. The van der Waals surface area contributed by atoms with E-state index in [1.54, 1.807) is 38.1 Å². The van der Waals surface area contributed by atoms with Gasteiger partial charge in [0.2, 0.25) is 11.8 Å². The van der Waals surface area contributed by atoms with E-state index in [0.717, 1.165) is 5.56 Å². The Morgan fingerprint density at radius 1 is 1.00 bits per heavy atom. The minimum Gasteiger partial charge on any atom is -0.350 e. The third kappa shape index (κ3) is 7.45. The molecule has 3 amide bonds. The Labute approximate surface area is 254 Å². The van der Waals surface area contributed by atoms with Gasteiger partial charge in [-0.2, -0.15) is 5.10 Å². The highest BCUT2D eigenvalue weighted by Crippen LogP contribution is 2.23. The van der Waals surface area contributed by atoms with Crippen LogP contribution in [0.2, 0.25) is 5.02 Å². The Bertz CT molecular complexity index is 1670. The van der Waals surface area contributed by atoms with Crippen LogP contribution in [-0.2, 0) is 22.7 Å². The topological polar surface area (TPSA) is 113 Å². The van der Waals surface area contributed by atoms with Crippen LogP contribution in [0.5, 0.6) is 0 Å². The van der Waals surface area contributed by atoms with Crippen molar-refractivity contribution in [3.8, 4) is 0 Å². The van der Waals surface area contributed by atoms with Gasteiger partial charge in [0.15, 0.2) is 5.78 Å². The highest BCUT2D eigenvalue weighted by atomic mass is 35.5. The third-order valence-corrected chi connectivity index (χ3v) is 7.34. The first-order valence-corrected chi connectivity index (χ1v) is 14.2. The van der Waals surface area contributed by atoms with E-state index in [2.05, 4.69) is 15.7 Å². The quantitative estimate of drug-likeness (QED) is 0.232. The third-order valence-electron chi connectivity index (χ3n) is 7.04. The molecule has 3 aromatic carbocycles. The molecule has 0 aliphatic carbocycles. The summed E-state index contributed by atoms with van der Waals surface area (Å²) in [5.41, 5.74) is 2.15. The number of nitrogens with one attached hydrogen (secondary N) is 2. The zero-order chi connectivity index (χ0) is 31.3. The second-order valence-corrected chi connectivity index (χ2v) is 10.9. The van der Waals surface area contributed by atoms with Crippen LogP contribution in [0.1, 0.15) is 65.7 Å². The lowest BCUT2D eigenvalue weighted by atomic mass is 10.1. The first kappa shape index (κ1) is 31.4. The maximum absolute atomic E-state index is 14.2. The van der Waals surface area contributed by atoms with E-state index in [9.17, 15) is 23.6 Å². The molecule has 4 aromatic rings. The predicted octanol–water partition coefficient (Wildman–Crippen LogP) is 5.08. The van der Waals surface area contributed by atoms with E-state index in [-0.39, 0.29) is 59.7 Å². The highest BCUT2D eigenvalue weighted by molar-refractivity contribution is 6.30. The van der Waals surface area contributed by atoms with Gasteiger partial charge in [-0.3, -0.25) is 23.9 Å². The van der Waals surface area contributed by atoms with Crippen molar-refractivity contribution in [3.05, 3.63) is 100.0 Å². The van der Waals surface area contributed by atoms with Crippen LogP contribution in [0.15, 0.2) is 66.7 Å². The molecule has 11 heteroatoms. The van der Waals surface area contributed by atoms with E-state index in [4.69, 9.17) is 11.6 Å². The lowest BCUT2D eigenvalue weighted by Crippen LogP contribution is -2.45. The van der Waals surface area contributed by atoms with Crippen molar-refractivity contribution in [1.82, 2.24) is 25.3 Å². The van der Waals surface area contributed by atoms with Crippen molar-refractivity contribution in [3.63, 3.8) is 0 Å². The molecule has 43 heavy (non-hydrogen) atoms. The number of aromatic nitrogens is 2. The summed E-state index contributed by atoms with van der Waals surface area (Å²) in [5.74, 6) is -2.13. The summed E-state index contributed by atoms with van der Waals surface area (Å²) in [6.45, 7) is 6.20. The summed E-state index contributed by atoms with van der Waals surface area (Å²) < 4.78 is 15.6. The van der Waals surface area contributed by atoms with Gasteiger partial charge in [0.1, 0.15) is 18.1 Å². The van der Waals surface area contributed by atoms with Gasteiger partial charge in [-0.05, 0) is 50.6 Å². The SMILES string of the molecule is CC(=O)c1nn(CC(=O)N(CC(=O)NCc2cccc(Cl)c2F)C(C)C)c2ccc(C(=O)NC(C)c3ccccc3)cc12. The van der Waals surface area contributed by atoms with Gasteiger partial charge in [-0.1, -0.05) is 54.1 Å². The molecular formula is C32H33ClFN5O4. The predicted molar refractivity (Wildman–Crippen MR) is 162 cm³/mol. The van der Waals surface area contributed by atoms with Gasteiger partial charge in [0.25, 0.3) is 5.91 Å². The van der Waals surface area contributed by atoms with E-state index in [1.807, 2.05) is 37.3 Å². The Balaban J connectivity index is 1.49. The van der Waals surface area contributed by atoms with Crippen molar-refractivity contribution >= 4 is 46.0 Å². The number of carbonyl (C=O) groups excluding carboxylic acids is 4. The number of hydrogen-bond donors (Lipinski definition) is 2. The van der Waals surface area contributed by atoms with Crippen LogP contribution < -0.4 is 10.6 Å². The fraction of sp³-hybridized carbons (Fsp3) is 0.281. The average molecular weight is 606 g/mol. The summed E-state index contributed by atoms with van der Waals surface area (Å²) in [6, 6.07) is 18.3. The fourth-order valence-corrected chi connectivity index (χ4v) is 4.87. The first-order valence-electron chi connectivity index (χ1n) is 13.8. The number of rotatable bonds is 11. The van der Waals surface area contributed by atoms with Crippen molar-refractivity contribution in [1.29, 1.82) is 0 Å². The smallest absolute Gasteiger partial charge is 0.251 e. The largest absolute Gasteiger partial charge is 0.350 e. The zero-order valence-electron chi connectivity index (χ0n) is 24.4. The first-order chi connectivity index (χ1) is 20.5. The number of benzene rings is 3. The number of halogens is 2. The molecule has 0 fully saturated rings. The van der Waals surface area contributed by atoms with E-state index >= 15 is 0 Å². The average Bonchev–Trinajstić information content (AvgIpc) is 3.34. The van der Waals surface area contributed by atoms with Gasteiger partial charge >= 0.3 is 0 Å². The molecule has 0 radical (unpaired) electrons. The van der Waals surface area contributed by atoms with E-state index in [1.165, 1.54) is 28.6 Å². The van der Waals surface area contributed by atoms with E-state index < -0.39 is 17.6 Å². The molecular weight excluding hydrogens is 573 g/mol. The van der Waals surface area contributed by atoms with Crippen LogP contribution in [0.25, 0.3) is 10.9 Å². The van der Waals surface area contributed by atoms with Crippen LogP contribution in [0.3, 0.4) is 0 Å². The molecule has 9 nitrogen and oxygen atoms in total. The summed E-state index contributed by atoms with van der Waals surface area (Å²) in [7, 11) is 0. The second-order valence-electron chi connectivity index (χ2n) is 10.5. The Hall–Kier alpha value is -4.57. The molecule has 1 aromatic heterocycles. The zero-order valence-corrected chi connectivity index (χ0v) is 25.1. The van der Waals surface area contributed by atoms with Crippen LogP contribution in [0, 0.1) is 5.82 Å². The second kappa shape index (κ2) is 13.6. The van der Waals surface area contributed by atoms with Crippen LogP contribution in [-0.4, -0.2) is 50.8 Å². The van der Waals surface area contributed by atoms with Crippen LogP contribution >= 0.6 is 11.6 Å².